The molecule has 11 heteroatoms. The zero-order chi connectivity index (χ0) is 43.3. The molecule has 64 heavy (non-hydrogen) atoms. The summed E-state index contributed by atoms with van der Waals surface area (Å²) >= 11 is 1.73. The van der Waals surface area contributed by atoms with Crippen LogP contribution in [0.3, 0.4) is 0 Å². The van der Waals surface area contributed by atoms with E-state index in [1.54, 1.807) is 11.3 Å². The molecule has 3 heterocycles. The van der Waals surface area contributed by atoms with Gasteiger partial charge in [-0.15, -0.1) is 11.3 Å². The van der Waals surface area contributed by atoms with E-state index in [4.69, 9.17) is 8.60 Å². The molecule has 12 aromatic rings. The third-order valence-corrected chi connectivity index (χ3v) is 14.1. The minimum absolute atomic E-state index is 0.272. The normalized spacial score (nSPS) is 12.4. The van der Waals surface area contributed by atoms with Gasteiger partial charge in [-0.3, -0.25) is 0 Å². The van der Waals surface area contributed by atoms with Gasteiger partial charge in [0, 0.05) is 64.8 Å². The number of aromatic nitrogens is 1. The van der Waals surface area contributed by atoms with Gasteiger partial charge < -0.3 is 18.1 Å². The Balaban J connectivity index is 1.11. The van der Waals surface area contributed by atoms with Crippen LogP contribution in [-0.2, 0) is 10.1 Å². The van der Waals surface area contributed by atoms with Crippen LogP contribution in [0.5, 0.6) is 5.75 Å². The molecule has 0 aliphatic heterocycles. The molecule has 0 fully saturated rings. The van der Waals surface area contributed by atoms with E-state index in [0.717, 1.165) is 59.5 Å². The Morgan fingerprint density at radius 3 is 2.11 bits per heavy atom. The number of fused-ring (bicyclic) bond motifs is 11. The number of anilines is 3. The molecule has 0 saturated carbocycles. The van der Waals surface area contributed by atoms with Crippen LogP contribution in [0.15, 0.2) is 192 Å². The standard InChI is InChI=1S/C53H31F3N2O4S2/c54-53(55,56)64(59,60)62-37-30-44-43-28-33(38-19-11-21-49-50(38)42-25-22-32-12-7-8-17-39(32)52(42)63-49)23-27-48(43)61-51(44)47(31-37)57(34-13-3-1-4-14-34)36-24-26-41-40-18-9-10-20-45(40)58(46(41)29-36)35-15-5-2-6-16-35/h1-31H. The van der Waals surface area contributed by atoms with E-state index in [0.29, 0.717) is 33.3 Å². The average Bonchev–Trinajstić information content (AvgIpc) is 3.99. The van der Waals surface area contributed by atoms with Crippen LogP contribution in [0.4, 0.5) is 30.2 Å². The maximum absolute atomic E-state index is 14.0. The van der Waals surface area contributed by atoms with Gasteiger partial charge in [0.15, 0.2) is 5.58 Å². The molecule has 0 aliphatic carbocycles. The second-order valence-corrected chi connectivity index (χ2v) is 18.2. The number of benzene rings is 9. The van der Waals surface area contributed by atoms with Crippen molar-refractivity contribution in [2.45, 2.75) is 5.51 Å². The summed E-state index contributed by atoms with van der Waals surface area (Å²) in [7, 11) is -6.06. The summed E-state index contributed by atoms with van der Waals surface area (Å²) in [5.74, 6) is -0.522. The quantitative estimate of drug-likeness (QED) is 0.118. The summed E-state index contributed by atoms with van der Waals surface area (Å²) in [6.07, 6.45) is 0. The molecule has 12 rings (SSSR count). The maximum atomic E-state index is 14.0. The summed E-state index contributed by atoms with van der Waals surface area (Å²) in [4.78, 5) is 1.85. The number of hydrogen-bond donors (Lipinski definition) is 0. The lowest BCUT2D eigenvalue weighted by Gasteiger charge is -2.26. The van der Waals surface area contributed by atoms with Gasteiger partial charge in [0.1, 0.15) is 11.3 Å². The Bertz CT molecular complexity index is 3950. The molecule has 0 atom stereocenters. The molecule has 0 saturated heterocycles. The van der Waals surface area contributed by atoms with Crippen molar-refractivity contribution in [3.63, 3.8) is 0 Å². The van der Waals surface area contributed by atoms with Crippen LogP contribution in [0.1, 0.15) is 0 Å². The van der Waals surface area contributed by atoms with Gasteiger partial charge in [0.25, 0.3) is 0 Å². The van der Waals surface area contributed by atoms with Gasteiger partial charge in [0.05, 0.1) is 16.7 Å². The molecule has 3 aromatic heterocycles. The predicted octanol–water partition coefficient (Wildman–Crippen LogP) is 15.6. The van der Waals surface area contributed by atoms with Crippen molar-refractivity contribution in [2.24, 2.45) is 0 Å². The van der Waals surface area contributed by atoms with E-state index in [-0.39, 0.29) is 5.69 Å². The number of hydrogen-bond acceptors (Lipinski definition) is 6. The first-order valence-corrected chi connectivity index (χ1v) is 22.6. The zero-order valence-corrected chi connectivity index (χ0v) is 35.0. The molecule has 0 aliphatic rings. The highest BCUT2D eigenvalue weighted by atomic mass is 32.2. The van der Waals surface area contributed by atoms with E-state index in [1.807, 2.05) is 132 Å². The van der Waals surface area contributed by atoms with Crippen LogP contribution >= 0.6 is 11.3 Å². The number of para-hydroxylation sites is 3. The van der Waals surface area contributed by atoms with Crippen LogP contribution in [-0.4, -0.2) is 18.5 Å². The molecule has 9 aromatic carbocycles. The van der Waals surface area contributed by atoms with E-state index in [1.165, 1.54) is 22.2 Å². The lowest BCUT2D eigenvalue weighted by atomic mass is 9.97. The fraction of sp³-hybridized carbons (Fsp3) is 0.0189. The van der Waals surface area contributed by atoms with Gasteiger partial charge in [-0.05, 0) is 88.6 Å². The van der Waals surface area contributed by atoms with Crippen molar-refractivity contribution >= 4 is 113 Å². The number of nitrogens with zero attached hydrogens (tertiary/aromatic N) is 2. The topological polar surface area (TPSA) is 64.7 Å². The second kappa shape index (κ2) is 14.2. The van der Waals surface area contributed by atoms with Gasteiger partial charge in [-0.1, -0.05) is 115 Å². The summed E-state index contributed by atoms with van der Waals surface area (Å²) < 4.78 is 83.6. The van der Waals surface area contributed by atoms with Crippen molar-refractivity contribution in [2.75, 3.05) is 4.90 Å². The van der Waals surface area contributed by atoms with Crippen LogP contribution < -0.4 is 9.08 Å². The average molecular weight is 881 g/mol. The Hall–Kier alpha value is -7.60. The Labute approximate surface area is 367 Å². The van der Waals surface area contributed by atoms with Gasteiger partial charge >= 0.3 is 15.6 Å². The van der Waals surface area contributed by atoms with Crippen LogP contribution in [0.25, 0.3) is 91.5 Å². The summed E-state index contributed by atoms with van der Waals surface area (Å²) in [6, 6.07) is 60.6. The van der Waals surface area contributed by atoms with E-state index < -0.39 is 21.4 Å². The Morgan fingerprint density at radius 1 is 0.578 bits per heavy atom. The largest absolute Gasteiger partial charge is 0.534 e. The lowest BCUT2D eigenvalue weighted by molar-refractivity contribution is -0.0500. The molecule has 6 nitrogen and oxygen atoms in total. The zero-order valence-electron chi connectivity index (χ0n) is 33.4. The van der Waals surface area contributed by atoms with E-state index >= 15 is 0 Å². The molecule has 0 N–H and O–H groups in total. The predicted molar refractivity (Wildman–Crippen MR) is 254 cm³/mol. The molecule has 0 radical (unpaired) electrons. The maximum Gasteiger partial charge on any atom is 0.534 e. The molecule has 310 valence electrons. The molecule has 0 bridgehead atoms. The van der Waals surface area contributed by atoms with Crippen molar-refractivity contribution in [1.82, 2.24) is 4.57 Å². The Morgan fingerprint density at radius 2 is 1.30 bits per heavy atom. The molecule has 0 spiro atoms. The van der Waals surface area contributed by atoms with Crippen molar-refractivity contribution in [3.05, 3.63) is 188 Å². The minimum Gasteiger partial charge on any atom is -0.454 e. The van der Waals surface area contributed by atoms with Gasteiger partial charge in [-0.2, -0.15) is 21.6 Å². The van der Waals surface area contributed by atoms with Crippen LogP contribution in [0.2, 0.25) is 0 Å². The minimum atomic E-state index is -6.06. The van der Waals surface area contributed by atoms with E-state index in [9.17, 15) is 21.6 Å². The highest BCUT2D eigenvalue weighted by Crippen LogP contribution is 2.48. The van der Waals surface area contributed by atoms with Crippen molar-refractivity contribution in [1.29, 1.82) is 0 Å². The van der Waals surface area contributed by atoms with Crippen LogP contribution in [0, 0.1) is 0 Å². The summed E-state index contributed by atoms with van der Waals surface area (Å²) in [6.45, 7) is 0. The fourth-order valence-electron chi connectivity index (χ4n) is 9.14. The van der Waals surface area contributed by atoms with Gasteiger partial charge in [-0.25, -0.2) is 0 Å². The smallest absolute Gasteiger partial charge is 0.454 e. The molecular weight excluding hydrogens is 850 g/mol. The number of thiophene rings is 1. The van der Waals surface area contributed by atoms with Crippen molar-refractivity contribution < 1.29 is 30.2 Å². The Kier molecular flexibility index (Phi) is 8.46. The molecule has 0 amide bonds. The highest BCUT2D eigenvalue weighted by molar-refractivity contribution is 7.88. The number of furan rings is 1. The molecule has 0 unspecified atom stereocenters. The fourth-order valence-corrected chi connectivity index (χ4v) is 10.9. The van der Waals surface area contributed by atoms with E-state index in [2.05, 4.69) is 53.1 Å². The summed E-state index contributed by atoms with van der Waals surface area (Å²) in [5.41, 5.74) is 1.30. The lowest BCUT2D eigenvalue weighted by Crippen LogP contribution is -2.28. The number of halogens is 3. The highest BCUT2D eigenvalue weighted by Gasteiger charge is 2.48. The number of alkyl halides is 3. The SMILES string of the molecule is O=S(=O)(Oc1cc(N(c2ccccc2)c2ccc3c4ccccc4n(-c4ccccc4)c3c2)c2oc3ccc(-c4cccc5sc6c7ccccc7ccc6c45)cc3c2c1)C(F)(F)F. The van der Waals surface area contributed by atoms with Crippen molar-refractivity contribution in [3.8, 4) is 22.6 Å². The monoisotopic (exact) mass is 880 g/mol. The summed E-state index contributed by atoms with van der Waals surface area (Å²) in [5, 5.41) is 7.49. The first kappa shape index (κ1) is 38.1. The first-order chi connectivity index (χ1) is 31.1. The third-order valence-electron chi connectivity index (χ3n) is 11.9. The third kappa shape index (κ3) is 5.95. The number of rotatable bonds is 7. The molecular formula is C53H31F3N2O4S2. The second-order valence-electron chi connectivity index (χ2n) is 15.6. The van der Waals surface area contributed by atoms with Gasteiger partial charge in [0.2, 0.25) is 0 Å². The first-order valence-electron chi connectivity index (χ1n) is 20.4.